The molecular weight excluding hydrogens is 206 g/mol. The predicted octanol–water partition coefficient (Wildman–Crippen LogP) is 3.03. The van der Waals surface area contributed by atoms with Crippen molar-refractivity contribution >= 4 is 6.08 Å². The molecule has 0 unspecified atom stereocenters. The maximum atomic E-state index is 8.12. The Kier molecular flexibility index (Phi) is 4.76. The largest absolute Gasteiger partial charge is 0.497 e. The highest BCUT2D eigenvalue weighted by Gasteiger charge is 2.01. The molecule has 0 saturated heterocycles. The van der Waals surface area contributed by atoms with Gasteiger partial charge in [-0.05, 0) is 17.7 Å². The van der Waals surface area contributed by atoms with E-state index in [4.69, 9.17) is 15.0 Å². The van der Waals surface area contributed by atoms with Crippen molar-refractivity contribution in [3.8, 4) is 11.5 Å². The van der Waals surface area contributed by atoms with Crippen LogP contribution in [0.4, 0.5) is 0 Å². The summed E-state index contributed by atoms with van der Waals surface area (Å²) in [6.45, 7) is 0.325. The monoisotopic (exact) mass is 219 g/mol. The minimum absolute atomic E-state index is 0.325. The molecule has 0 spiro atoms. The van der Waals surface area contributed by atoms with Gasteiger partial charge < -0.3 is 9.47 Å². The maximum absolute atomic E-state index is 8.12. The second kappa shape index (κ2) is 6.37. The van der Waals surface area contributed by atoms with E-state index >= 15 is 0 Å². The van der Waals surface area contributed by atoms with Crippen LogP contribution in [0.25, 0.3) is 16.5 Å². The van der Waals surface area contributed by atoms with Gasteiger partial charge in [-0.1, -0.05) is 17.3 Å². The smallest absolute Gasteiger partial charge is 0.129 e. The van der Waals surface area contributed by atoms with Crippen LogP contribution >= 0.6 is 0 Å². The molecule has 5 heteroatoms. The topological polar surface area (TPSA) is 67.2 Å². The molecular formula is C11H13N3O2. The summed E-state index contributed by atoms with van der Waals surface area (Å²) in [7, 11) is 3.20. The quantitative estimate of drug-likeness (QED) is 0.434. The van der Waals surface area contributed by atoms with Crippen molar-refractivity contribution in [1.82, 2.24) is 0 Å². The maximum Gasteiger partial charge on any atom is 0.129 e. The zero-order chi connectivity index (χ0) is 11.8. The second-order valence-electron chi connectivity index (χ2n) is 2.92. The van der Waals surface area contributed by atoms with E-state index in [1.807, 2.05) is 18.2 Å². The number of nitrogens with zero attached hydrogens (tertiary/aromatic N) is 3. The van der Waals surface area contributed by atoms with Gasteiger partial charge in [0.15, 0.2) is 0 Å². The number of benzene rings is 1. The average Bonchev–Trinajstić information content (AvgIpc) is 2.34. The Morgan fingerprint density at radius 1 is 1.38 bits per heavy atom. The summed E-state index contributed by atoms with van der Waals surface area (Å²) in [5, 5.41) is 3.40. The number of ether oxygens (including phenoxy) is 2. The molecule has 0 bridgehead atoms. The van der Waals surface area contributed by atoms with Gasteiger partial charge in [0, 0.05) is 23.1 Å². The Bertz CT molecular complexity index is 423. The van der Waals surface area contributed by atoms with E-state index in [9.17, 15) is 0 Å². The van der Waals surface area contributed by atoms with Crippen LogP contribution in [0.3, 0.4) is 0 Å². The van der Waals surface area contributed by atoms with E-state index in [-0.39, 0.29) is 0 Å². The van der Waals surface area contributed by atoms with Crippen LogP contribution in [-0.2, 0) is 0 Å². The van der Waals surface area contributed by atoms with Crippen LogP contribution in [-0.4, -0.2) is 20.8 Å². The first-order valence-corrected chi connectivity index (χ1v) is 4.71. The molecule has 0 aromatic heterocycles. The summed E-state index contributed by atoms with van der Waals surface area (Å²) >= 11 is 0. The van der Waals surface area contributed by atoms with E-state index in [0.717, 1.165) is 17.1 Å². The second-order valence-corrected chi connectivity index (χ2v) is 2.92. The molecule has 16 heavy (non-hydrogen) atoms. The Hall–Kier alpha value is -2.13. The van der Waals surface area contributed by atoms with Gasteiger partial charge in [-0.15, -0.1) is 0 Å². The van der Waals surface area contributed by atoms with E-state index in [2.05, 4.69) is 10.0 Å². The fourth-order valence-electron chi connectivity index (χ4n) is 1.22. The minimum Gasteiger partial charge on any atom is -0.497 e. The number of rotatable bonds is 5. The van der Waals surface area contributed by atoms with Crippen LogP contribution in [0.1, 0.15) is 5.56 Å². The van der Waals surface area contributed by atoms with Crippen molar-refractivity contribution in [2.75, 3.05) is 20.8 Å². The lowest BCUT2D eigenvalue weighted by Crippen LogP contribution is -1.89. The fraction of sp³-hybridized carbons (Fsp3) is 0.273. The van der Waals surface area contributed by atoms with E-state index in [1.54, 1.807) is 26.4 Å². The molecule has 84 valence electrons. The Labute approximate surface area is 93.9 Å². The summed E-state index contributed by atoms with van der Waals surface area (Å²) in [4.78, 5) is 2.66. The molecule has 0 N–H and O–H groups in total. The first-order valence-electron chi connectivity index (χ1n) is 4.71. The van der Waals surface area contributed by atoms with Crippen LogP contribution < -0.4 is 9.47 Å². The lowest BCUT2D eigenvalue weighted by atomic mass is 10.2. The normalized spacial score (nSPS) is 9.88. The Morgan fingerprint density at radius 2 is 2.19 bits per heavy atom. The molecule has 0 heterocycles. The molecule has 5 nitrogen and oxygen atoms in total. The molecule has 0 saturated carbocycles. The number of hydrogen-bond donors (Lipinski definition) is 0. The average molecular weight is 219 g/mol. The van der Waals surface area contributed by atoms with Crippen molar-refractivity contribution in [1.29, 1.82) is 0 Å². The molecule has 0 radical (unpaired) electrons. The zero-order valence-electron chi connectivity index (χ0n) is 9.25. The van der Waals surface area contributed by atoms with Gasteiger partial charge in [-0.2, -0.15) is 0 Å². The Balaban J connectivity index is 2.86. The van der Waals surface area contributed by atoms with Crippen molar-refractivity contribution in [3.63, 3.8) is 0 Å². The van der Waals surface area contributed by atoms with Crippen molar-refractivity contribution < 1.29 is 9.47 Å². The lowest BCUT2D eigenvalue weighted by Gasteiger charge is -2.06. The van der Waals surface area contributed by atoms with Crippen LogP contribution in [0.5, 0.6) is 11.5 Å². The minimum atomic E-state index is 0.325. The van der Waals surface area contributed by atoms with Crippen LogP contribution in [0, 0.1) is 0 Å². The van der Waals surface area contributed by atoms with Gasteiger partial charge in [0.1, 0.15) is 11.5 Å². The molecule has 0 atom stereocenters. The molecule has 0 fully saturated rings. The third kappa shape index (κ3) is 3.22. The van der Waals surface area contributed by atoms with Crippen molar-refractivity contribution in [3.05, 3.63) is 40.3 Å². The summed E-state index contributed by atoms with van der Waals surface area (Å²) in [5.74, 6) is 1.46. The summed E-state index contributed by atoms with van der Waals surface area (Å²) < 4.78 is 10.3. The number of hydrogen-bond acceptors (Lipinski definition) is 3. The van der Waals surface area contributed by atoms with Gasteiger partial charge in [-0.3, -0.25) is 0 Å². The summed E-state index contributed by atoms with van der Waals surface area (Å²) in [6, 6.07) is 5.52. The molecule has 0 aliphatic carbocycles. The van der Waals surface area contributed by atoms with Gasteiger partial charge in [0.05, 0.1) is 14.2 Å². The molecule has 1 rings (SSSR count). The highest BCUT2D eigenvalue weighted by atomic mass is 16.5. The third-order valence-electron chi connectivity index (χ3n) is 1.99. The van der Waals surface area contributed by atoms with Crippen LogP contribution in [0.2, 0.25) is 0 Å². The zero-order valence-corrected chi connectivity index (χ0v) is 9.25. The molecule has 1 aromatic carbocycles. The lowest BCUT2D eigenvalue weighted by molar-refractivity contribution is 0.394. The van der Waals surface area contributed by atoms with E-state index in [0.29, 0.717) is 6.54 Å². The molecule has 0 amide bonds. The van der Waals surface area contributed by atoms with Gasteiger partial charge >= 0.3 is 0 Å². The standard InChI is InChI=1S/C11H13N3O2/c1-15-10-6-5-9(11(8-10)16-2)4-3-7-13-14-12/h3-6,8H,7H2,1-2H3. The van der Waals surface area contributed by atoms with Gasteiger partial charge in [0.25, 0.3) is 0 Å². The SMILES string of the molecule is COc1ccc(C=CCN=[N+]=[N-])c(OC)c1. The highest BCUT2D eigenvalue weighted by molar-refractivity contribution is 5.59. The van der Waals surface area contributed by atoms with Crippen molar-refractivity contribution in [2.45, 2.75) is 0 Å². The number of azide groups is 1. The van der Waals surface area contributed by atoms with Gasteiger partial charge in [0.2, 0.25) is 0 Å². The summed E-state index contributed by atoms with van der Waals surface area (Å²) in [6.07, 6.45) is 3.61. The third-order valence-corrected chi connectivity index (χ3v) is 1.99. The fourth-order valence-corrected chi connectivity index (χ4v) is 1.22. The van der Waals surface area contributed by atoms with Gasteiger partial charge in [-0.25, -0.2) is 0 Å². The first-order chi connectivity index (χ1) is 7.81. The Morgan fingerprint density at radius 3 is 2.81 bits per heavy atom. The summed E-state index contributed by atoms with van der Waals surface area (Å²) in [5.41, 5.74) is 9.03. The molecule has 1 aromatic rings. The predicted molar refractivity (Wildman–Crippen MR) is 62.6 cm³/mol. The highest BCUT2D eigenvalue weighted by Crippen LogP contribution is 2.25. The first kappa shape index (κ1) is 11.9. The molecule has 0 aliphatic heterocycles. The van der Waals surface area contributed by atoms with Crippen LogP contribution in [0.15, 0.2) is 29.4 Å². The van der Waals surface area contributed by atoms with E-state index < -0.39 is 0 Å². The van der Waals surface area contributed by atoms with Crippen molar-refractivity contribution in [2.24, 2.45) is 5.11 Å². The number of methoxy groups -OCH3 is 2. The van der Waals surface area contributed by atoms with E-state index in [1.165, 1.54) is 0 Å². The molecule has 0 aliphatic rings.